The Morgan fingerprint density at radius 2 is 1.36 bits per heavy atom. The van der Waals surface area contributed by atoms with Crippen molar-refractivity contribution in [3.63, 3.8) is 0 Å². The molecule has 1 N–H and O–H groups in total. The van der Waals surface area contributed by atoms with Crippen LogP contribution in [0.25, 0.3) is 22.3 Å². The minimum atomic E-state index is -0.118. The van der Waals surface area contributed by atoms with Crippen molar-refractivity contribution in [3.8, 4) is 33.8 Å². The molecule has 1 heterocycles. The first-order valence-corrected chi connectivity index (χ1v) is 8.95. The monoisotopic (exact) mass is 372 g/mol. The van der Waals surface area contributed by atoms with Crippen LogP contribution in [-0.2, 0) is 11.2 Å². The van der Waals surface area contributed by atoms with Gasteiger partial charge in [0.25, 0.3) is 0 Å². The summed E-state index contributed by atoms with van der Waals surface area (Å²) in [5.41, 5.74) is 8.64. The molecule has 4 rings (SSSR count). The molecule has 0 saturated heterocycles. The number of methoxy groups -OCH3 is 2. The number of rotatable bonds is 4. The molecule has 1 amide bonds. The first kappa shape index (κ1) is 17.8. The minimum absolute atomic E-state index is 0.118. The van der Waals surface area contributed by atoms with Gasteiger partial charge >= 0.3 is 0 Å². The second-order valence-electron chi connectivity index (χ2n) is 6.52. The highest BCUT2D eigenvalue weighted by Gasteiger charge is 2.16. The lowest BCUT2D eigenvalue weighted by Crippen LogP contribution is -2.17. The van der Waals surface area contributed by atoms with Gasteiger partial charge in [-0.15, -0.1) is 0 Å². The van der Waals surface area contributed by atoms with E-state index in [1.54, 1.807) is 20.4 Å². The fourth-order valence-corrected chi connectivity index (χ4v) is 3.34. The molecule has 0 bridgehead atoms. The largest absolute Gasteiger partial charge is 0.497 e. The number of nitrogens with zero attached hydrogens (tertiary/aromatic N) is 1. The number of carbonyl (C=O) groups is 1. The van der Waals surface area contributed by atoms with Gasteiger partial charge in [-0.1, -0.05) is 24.3 Å². The predicted molar refractivity (Wildman–Crippen MR) is 110 cm³/mol. The van der Waals surface area contributed by atoms with Gasteiger partial charge in [-0.05, 0) is 69.8 Å². The molecule has 0 saturated carbocycles. The van der Waals surface area contributed by atoms with Crippen molar-refractivity contribution >= 4 is 12.1 Å². The van der Waals surface area contributed by atoms with Crippen LogP contribution in [0, 0.1) is 0 Å². The van der Waals surface area contributed by atoms with E-state index in [9.17, 15) is 4.79 Å². The summed E-state index contributed by atoms with van der Waals surface area (Å²) in [5, 5.41) is 4.02. The highest BCUT2D eigenvalue weighted by molar-refractivity contribution is 5.95. The molecule has 28 heavy (non-hydrogen) atoms. The van der Waals surface area contributed by atoms with Crippen LogP contribution in [-0.4, -0.2) is 26.3 Å². The summed E-state index contributed by atoms with van der Waals surface area (Å²) < 4.78 is 10.6. The van der Waals surface area contributed by atoms with Crippen LogP contribution in [0.2, 0.25) is 0 Å². The molecule has 5 heteroatoms. The van der Waals surface area contributed by atoms with Gasteiger partial charge in [0.1, 0.15) is 11.5 Å². The summed E-state index contributed by atoms with van der Waals surface area (Å²) in [7, 11) is 3.30. The number of hydrogen-bond acceptors (Lipinski definition) is 4. The van der Waals surface area contributed by atoms with E-state index in [0.29, 0.717) is 6.42 Å². The summed E-state index contributed by atoms with van der Waals surface area (Å²) in [6.07, 6.45) is 1.99. The summed E-state index contributed by atoms with van der Waals surface area (Å²) in [4.78, 5) is 11.9. The lowest BCUT2D eigenvalue weighted by atomic mass is 9.89. The third-order valence-corrected chi connectivity index (χ3v) is 4.83. The number of hydrazone groups is 1. The van der Waals surface area contributed by atoms with Gasteiger partial charge in [-0.2, -0.15) is 5.10 Å². The molecule has 0 aromatic heterocycles. The number of ether oxygens (including phenoxy) is 2. The highest BCUT2D eigenvalue weighted by Crippen LogP contribution is 2.36. The van der Waals surface area contributed by atoms with Crippen molar-refractivity contribution in [1.82, 2.24) is 5.43 Å². The Morgan fingerprint density at radius 3 is 1.89 bits per heavy atom. The van der Waals surface area contributed by atoms with E-state index in [2.05, 4.69) is 22.7 Å². The van der Waals surface area contributed by atoms with Crippen molar-refractivity contribution in [2.24, 2.45) is 5.10 Å². The Labute approximate surface area is 163 Å². The number of fused-ring (bicyclic) bond motifs is 1. The Balaban J connectivity index is 1.90. The Kier molecular flexibility index (Phi) is 4.81. The van der Waals surface area contributed by atoms with Gasteiger partial charge in [0, 0.05) is 0 Å². The predicted octanol–water partition coefficient (Wildman–Crippen LogP) is 4.04. The Morgan fingerprint density at radius 1 is 0.821 bits per heavy atom. The van der Waals surface area contributed by atoms with Gasteiger partial charge in [-0.25, -0.2) is 5.43 Å². The van der Waals surface area contributed by atoms with Gasteiger partial charge < -0.3 is 9.47 Å². The van der Waals surface area contributed by atoms with Crippen molar-refractivity contribution in [2.75, 3.05) is 14.2 Å². The SMILES string of the molecule is COc1ccc(-c2cc3c(cc2-c2ccc(OC)cc2)CC(=O)NN=C3)cc1. The first-order valence-electron chi connectivity index (χ1n) is 8.95. The van der Waals surface area contributed by atoms with E-state index in [1.807, 2.05) is 48.5 Å². The number of nitrogens with one attached hydrogen (secondary N) is 1. The number of amides is 1. The van der Waals surface area contributed by atoms with Crippen molar-refractivity contribution in [1.29, 1.82) is 0 Å². The molecular formula is C23H20N2O3. The molecule has 1 aliphatic rings. The maximum absolute atomic E-state index is 11.9. The normalized spacial score (nSPS) is 12.7. The van der Waals surface area contributed by atoms with Crippen molar-refractivity contribution in [3.05, 3.63) is 71.8 Å². The Hall–Kier alpha value is -3.60. The average molecular weight is 372 g/mol. The lowest BCUT2D eigenvalue weighted by Gasteiger charge is -2.15. The topological polar surface area (TPSA) is 59.9 Å². The van der Waals surface area contributed by atoms with Crippen LogP contribution in [0.1, 0.15) is 11.1 Å². The molecule has 140 valence electrons. The van der Waals surface area contributed by atoms with Crippen LogP contribution in [0.4, 0.5) is 0 Å². The van der Waals surface area contributed by atoms with Crippen LogP contribution < -0.4 is 14.9 Å². The summed E-state index contributed by atoms with van der Waals surface area (Å²) in [5.74, 6) is 1.49. The fourth-order valence-electron chi connectivity index (χ4n) is 3.34. The van der Waals surface area contributed by atoms with E-state index in [0.717, 1.165) is 44.9 Å². The standard InChI is InChI=1S/C23H20N2O3/c1-27-19-7-3-15(4-8-19)21-11-17-13-23(26)25-24-14-18(17)12-22(21)16-5-9-20(28-2)10-6-16/h3-12,14H,13H2,1-2H3,(H,25,26). The summed E-state index contributed by atoms with van der Waals surface area (Å²) in [6, 6.07) is 20.0. The summed E-state index contributed by atoms with van der Waals surface area (Å²) in [6.45, 7) is 0. The first-order chi connectivity index (χ1) is 13.7. The Bertz CT molecular complexity index is 1040. The maximum atomic E-state index is 11.9. The van der Waals surface area contributed by atoms with E-state index >= 15 is 0 Å². The average Bonchev–Trinajstić information content (AvgIpc) is 2.93. The van der Waals surface area contributed by atoms with Crippen molar-refractivity contribution < 1.29 is 14.3 Å². The number of carbonyl (C=O) groups excluding carboxylic acids is 1. The third kappa shape index (κ3) is 3.47. The van der Waals surface area contributed by atoms with E-state index < -0.39 is 0 Å². The molecule has 0 aliphatic carbocycles. The van der Waals surface area contributed by atoms with Gasteiger partial charge in [0.2, 0.25) is 5.91 Å². The second-order valence-corrected chi connectivity index (χ2v) is 6.52. The zero-order valence-corrected chi connectivity index (χ0v) is 15.7. The molecule has 3 aromatic carbocycles. The third-order valence-electron chi connectivity index (χ3n) is 4.83. The summed E-state index contributed by atoms with van der Waals surface area (Å²) >= 11 is 0. The molecule has 0 spiro atoms. The molecular weight excluding hydrogens is 352 g/mol. The van der Waals surface area contributed by atoms with E-state index in [1.165, 1.54) is 0 Å². The maximum Gasteiger partial charge on any atom is 0.244 e. The zero-order valence-electron chi connectivity index (χ0n) is 15.7. The van der Waals surface area contributed by atoms with E-state index in [-0.39, 0.29) is 5.91 Å². The number of hydrogen-bond donors (Lipinski definition) is 1. The van der Waals surface area contributed by atoms with Crippen LogP contribution in [0.15, 0.2) is 65.8 Å². The zero-order chi connectivity index (χ0) is 19.5. The molecule has 5 nitrogen and oxygen atoms in total. The van der Waals surface area contributed by atoms with Crippen LogP contribution in [0.5, 0.6) is 11.5 Å². The second kappa shape index (κ2) is 7.56. The van der Waals surface area contributed by atoms with Crippen LogP contribution >= 0.6 is 0 Å². The molecule has 0 fully saturated rings. The molecule has 1 aliphatic heterocycles. The van der Waals surface area contributed by atoms with E-state index in [4.69, 9.17) is 9.47 Å². The van der Waals surface area contributed by atoms with Crippen LogP contribution in [0.3, 0.4) is 0 Å². The lowest BCUT2D eigenvalue weighted by molar-refractivity contribution is -0.120. The van der Waals surface area contributed by atoms with Gasteiger partial charge in [-0.3, -0.25) is 4.79 Å². The molecule has 0 radical (unpaired) electrons. The minimum Gasteiger partial charge on any atom is -0.497 e. The number of benzene rings is 3. The van der Waals surface area contributed by atoms with Gasteiger partial charge in [0.05, 0.1) is 26.9 Å². The molecule has 0 atom stereocenters. The molecule has 3 aromatic rings. The molecule has 0 unspecified atom stereocenters. The fraction of sp³-hybridized carbons (Fsp3) is 0.130. The highest BCUT2D eigenvalue weighted by atomic mass is 16.5. The van der Waals surface area contributed by atoms with Crippen molar-refractivity contribution in [2.45, 2.75) is 6.42 Å². The smallest absolute Gasteiger partial charge is 0.244 e. The quantitative estimate of drug-likeness (QED) is 0.752. The van der Waals surface area contributed by atoms with Gasteiger partial charge in [0.15, 0.2) is 0 Å².